The number of amides is 2. The summed E-state index contributed by atoms with van der Waals surface area (Å²) in [6, 6.07) is 2.95. The molecule has 0 aliphatic rings. The van der Waals surface area contributed by atoms with Gasteiger partial charge in [-0.1, -0.05) is 43.2 Å². The van der Waals surface area contributed by atoms with Crippen molar-refractivity contribution in [2.75, 3.05) is 17.7 Å². The van der Waals surface area contributed by atoms with E-state index in [0.717, 1.165) is 17.8 Å². The van der Waals surface area contributed by atoms with Crippen LogP contribution in [0, 0.1) is 0 Å². The van der Waals surface area contributed by atoms with Gasteiger partial charge in [-0.15, -0.1) is 10.2 Å². The van der Waals surface area contributed by atoms with Crippen LogP contribution in [-0.2, 0) is 4.79 Å². The Hall–Kier alpha value is -2.19. The highest BCUT2D eigenvalue weighted by molar-refractivity contribution is 7.15. The molecule has 0 fully saturated rings. The number of nitrogens with zero attached hydrogens (tertiary/aromatic N) is 2. The maximum atomic E-state index is 12.6. The second-order valence-electron chi connectivity index (χ2n) is 5.80. The maximum absolute atomic E-state index is 12.6. The van der Waals surface area contributed by atoms with Gasteiger partial charge < -0.3 is 10.1 Å². The van der Waals surface area contributed by atoms with E-state index in [4.69, 9.17) is 16.3 Å². The average molecular weight is 397 g/mol. The molecule has 2 amide bonds. The topological polar surface area (TPSA) is 93.2 Å². The van der Waals surface area contributed by atoms with Crippen LogP contribution in [0.4, 0.5) is 10.8 Å². The molecule has 0 aliphatic heterocycles. The smallest absolute Gasteiger partial charge is 0.261 e. The molecule has 0 saturated heterocycles. The van der Waals surface area contributed by atoms with Gasteiger partial charge in [0, 0.05) is 18.9 Å². The van der Waals surface area contributed by atoms with E-state index in [1.807, 2.05) is 0 Å². The van der Waals surface area contributed by atoms with Crippen molar-refractivity contribution >= 4 is 45.6 Å². The summed E-state index contributed by atoms with van der Waals surface area (Å²) in [4.78, 5) is 23.8. The van der Waals surface area contributed by atoms with Crippen molar-refractivity contribution in [2.24, 2.45) is 0 Å². The van der Waals surface area contributed by atoms with Crippen molar-refractivity contribution in [3.8, 4) is 5.75 Å². The first-order valence-electron chi connectivity index (χ1n) is 8.15. The average Bonchev–Trinajstić information content (AvgIpc) is 3.04. The molecule has 2 N–H and O–H groups in total. The largest absolute Gasteiger partial charge is 0.496 e. The summed E-state index contributed by atoms with van der Waals surface area (Å²) in [6.07, 6.45) is 2.06. The lowest BCUT2D eigenvalue weighted by Gasteiger charge is -2.12. The van der Waals surface area contributed by atoms with Gasteiger partial charge >= 0.3 is 0 Å². The predicted octanol–water partition coefficient (Wildman–Crippen LogP) is 4.31. The predicted molar refractivity (Wildman–Crippen MR) is 103 cm³/mol. The number of methoxy groups -OCH3 is 1. The summed E-state index contributed by atoms with van der Waals surface area (Å²) in [6.45, 7) is 5.57. The molecule has 1 aromatic heterocycles. The zero-order valence-corrected chi connectivity index (χ0v) is 16.6. The number of ether oxygens (including phenoxy) is 1. The lowest BCUT2D eigenvalue weighted by atomic mass is 10.1. The highest BCUT2D eigenvalue weighted by Crippen LogP contribution is 2.32. The molecule has 0 bridgehead atoms. The summed E-state index contributed by atoms with van der Waals surface area (Å²) < 4.78 is 5.25. The minimum atomic E-state index is -0.413. The number of anilines is 2. The fourth-order valence-corrected chi connectivity index (χ4v) is 3.43. The number of halogens is 1. The fraction of sp³-hybridized carbons (Fsp3) is 0.412. The third kappa shape index (κ3) is 4.92. The first-order valence-corrected chi connectivity index (χ1v) is 9.35. The van der Waals surface area contributed by atoms with Crippen molar-refractivity contribution in [1.82, 2.24) is 10.2 Å². The van der Waals surface area contributed by atoms with E-state index in [1.54, 1.807) is 0 Å². The highest BCUT2D eigenvalue weighted by atomic mass is 35.5. The van der Waals surface area contributed by atoms with Gasteiger partial charge in [0.2, 0.25) is 11.0 Å². The molecule has 0 saturated carbocycles. The zero-order valence-electron chi connectivity index (χ0n) is 15.1. The molecular weight excluding hydrogens is 376 g/mol. The summed E-state index contributed by atoms with van der Waals surface area (Å²) >= 11 is 7.50. The van der Waals surface area contributed by atoms with E-state index in [1.165, 1.54) is 37.5 Å². The number of hydrogen-bond acceptors (Lipinski definition) is 6. The highest BCUT2D eigenvalue weighted by Gasteiger charge is 2.19. The Morgan fingerprint density at radius 3 is 2.65 bits per heavy atom. The Bertz CT molecular complexity index is 809. The van der Waals surface area contributed by atoms with Crippen LogP contribution in [-0.4, -0.2) is 29.1 Å². The monoisotopic (exact) mass is 396 g/mol. The zero-order chi connectivity index (χ0) is 19.3. The second-order valence-corrected chi connectivity index (χ2v) is 7.22. The molecule has 9 heteroatoms. The van der Waals surface area contributed by atoms with Crippen molar-refractivity contribution in [3.63, 3.8) is 0 Å². The van der Waals surface area contributed by atoms with Gasteiger partial charge in [0.15, 0.2) is 0 Å². The van der Waals surface area contributed by atoms with E-state index in [2.05, 4.69) is 34.7 Å². The SMILES string of the molecule is CCCC(C)c1nnc(NC(=O)c2cc(Cl)c(NC(C)=O)cc2OC)s1. The van der Waals surface area contributed by atoms with Crippen molar-refractivity contribution in [3.05, 3.63) is 27.7 Å². The normalized spacial score (nSPS) is 11.7. The van der Waals surface area contributed by atoms with Crippen LogP contribution in [0.3, 0.4) is 0 Å². The van der Waals surface area contributed by atoms with E-state index >= 15 is 0 Å². The number of benzene rings is 1. The quantitative estimate of drug-likeness (QED) is 0.727. The van der Waals surface area contributed by atoms with Gasteiger partial charge in [-0.2, -0.15) is 0 Å². The molecule has 1 unspecified atom stereocenters. The number of carbonyl (C=O) groups excluding carboxylic acids is 2. The minimum absolute atomic E-state index is 0.237. The minimum Gasteiger partial charge on any atom is -0.496 e. The Morgan fingerprint density at radius 2 is 2.04 bits per heavy atom. The third-order valence-electron chi connectivity index (χ3n) is 3.65. The van der Waals surface area contributed by atoms with Crippen LogP contribution in [0.25, 0.3) is 0 Å². The molecule has 0 aliphatic carbocycles. The Labute approximate surface area is 161 Å². The Balaban J connectivity index is 2.21. The number of carbonyl (C=O) groups is 2. The first-order chi connectivity index (χ1) is 12.3. The molecule has 0 spiro atoms. The van der Waals surface area contributed by atoms with Crippen molar-refractivity contribution in [1.29, 1.82) is 0 Å². The number of rotatable bonds is 7. The molecule has 2 aromatic rings. The molecular formula is C17H21ClN4O3S. The Kier molecular flexibility index (Phi) is 6.93. The van der Waals surface area contributed by atoms with Gasteiger partial charge in [0.25, 0.3) is 5.91 Å². The van der Waals surface area contributed by atoms with Gasteiger partial charge in [0.1, 0.15) is 10.8 Å². The lowest BCUT2D eigenvalue weighted by Crippen LogP contribution is -2.14. The molecule has 140 valence electrons. The number of hydrogen-bond donors (Lipinski definition) is 2. The number of nitrogens with one attached hydrogen (secondary N) is 2. The van der Waals surface area contributed by atoms with Crippen LogP contribution in [0.2, 0.25) is 5.02 Å². The molecule has 1 aromatic carbocycles. The molecule has 1 atom stereocenters. The number of aromatic nitrogens is 2. The molecule has 26 heavy (non-hydrogen) atoms. The molecule has 1 heterocycles. The van der Waals surface area contributed by atoms with E-state index in [-0.39, 0.29) is 16.5 Å². The van der Waals surface area contributed by atoms with Crippen LogP contribution in [0.15, 0.2) is 12.1 Å². The Morgan fingerprint density at radius 1 is 1.31 bits per heavy atom. The third-order valence-corrected chi connectivity index (χ3v) is 5.03. The molecule has 0 radical (unpaired) electrons. The second kappa shape index (κ2) is 8.95. The first kappa shape index (κ1) is 20.1. The fourth-order valence-electron chi connectivity index (χ4n) is 2.39. The van der Waals surface area contributed by atoms with Gasteiger partial charge in [-0.3, -0.25) is 14.9 Å². The van der Waals surface area contributed by atoms with Crippen LogP contribution < -0.4 is 15.4 Å². The molecule has 2 rings (SSSR count). The summed E-state index contributed by atoms with van der Waals surface area (Å²) in [7, 11) is 1.44. The van der Waals surface area contributed by atoms with Gasteiger partial charge in [-0.25, -0.2) is 0 Å². The summed E-state index contributed by atoms with van der Waals surface area (Å²) in [5.41, 5.74) is 0.615. The molecule has 7 nitrogen and oxygen atoms in total. The van der Waals surface area contributed by atoms with E-state index in [9.17, 15) is 9.59 Å². The van der Waals surface area contributed by atoms with E-state index < -0.39 is 5.91 Å². The lowest BCUT2D eigenvalue weighted by molar-refractivity contribution is -0.114. The van der Waals surface area contributed by atoms with E-state index in [0.29, 0.717) is 22.5 Å². The van der Waals surface area contributed by atoms with Crippen LogP contribution in [0.1, 0.15) is 54.9 Å². The van der Waals surface area contributed by atoms with Gasteiger partial charge in [-0.05, 0) is 12.5 Å². The summed E-state index contributed by atoms with van der Waals surface area (Å²) in [5.74, 6) is -0.0958. The van der Waals surface area contributed by atoms with Crippen LogP contribution in [0.5, 0.6) is 5.75 Å². The summed E-state index contributed by atoms with van der Waals surface area (Å²) in [5, 5.41) is 15.0. The van der Waals surface area contributed by atoms with Crippen molar-refractivity contribution < 1.29 is 14.3 Å². The van der Waals surface area contributed by atoms with Gasteiger partial charge in [0.05, 0.1) is 23.4 Å². The standard InChI is InChI=1S/C17H21ClN4O3S/c1-5-6-9(2)16-21-22-17(26-16)20-15(24)11-7-12(18)13(19-10(3)23)8-14(11)25-4/h7-9H,5-6H2,1-4H3,(H,19,23)(H,20,22,24). The van der Waals surface area contributed by atoms with Crippen molar-refractivity contribution in [2.45, 2.75) is 39.5 Å². The van der Waals surface area contributed by atoms with Crippen LogP contribution >= 0.6 is 22.9 Å². The maximum Gasteiger partial charge on any atom is 0.261 e.